The lowest BCUT2D eigenvalue weighted by atomic mass is 9.78. The van der Waals surface area contributed by atoms with Gasteiger partial charge in [0.1, 0.15) is 0 Å². The zero-order valence-corrected chi connectivity index (χ0v) is 12.0. The maximum absolute atomic E-state index is 11.2. The van der Waals surface area contributed by atoms with Gasteiger partial charge in [0.15, 0.2) is 0 Å². The Morgan fingerprint density at radius 2 is 2.38 bits per heavy atom. The van der Waals surface area contributed by atoms with Crippen molar-refractivity contribution >= 4 is 11.5 Å². The zero-order chi connectivity index (χ0) is 14.8. The summed E-state index contributed by atoms with van der Waals surface area (Å²) in [5.41, 5.74) is 3.94. The van der Waals surface area contributed by atoms with E-state index in [4.69, 9.17) is 0 Å². The Kier molecular flexibility index (Phi) is 3.60. The molecule has 1 unspecified atom stereocenters. The molecule has 4 heteroatoms. The lowest BCUT2D eigenvalue weighted by molar-refractivity contribution is 0.0697. The van der Waals surface area contributed by atoms with Crippen molar-refractivity contribution in [1.82, 2.24) is 9.55 Å². The zero-order valence-electron chi connectivity index (χ0n) is 12.0. The second kappa shape index (κ2) is 5.56. The molecule has 0 saturated heterocycles. The van der Waals surface area contributed by atoms with Gasteiger partial charge in [0.05, 0.1) is 11.9 Å². The van der Waals surface area contributed by atoms with Crippen molar-refractivity contribution in [2.75, 3.05) is 0 Å². The molecular weight excluding hydrogens is 264 g/mol. The number of fused-ring (bicyclic) bond motifs is 1. The van der Waals surface area contributed by atoms with Crippen molar-refractivity contribution in [1.29, 1.82) is 0 Å². The number of nitrogens with zero attached hydrogens (tertiary/aromatic N) is 2. The van der Waals surface area contributed by atoms with Crippen LogP contribution < -0.4 is 0 Å². The van der Waals surface area contributed by atoms with Gasteiger partial charge in [0.25, 0.3) is 0 Å². The fraction of sp³-hybridized carbons (Fsp3) is 0.294. The van der Waals surface area contributed by atoms with E-state index in [2.05, 4.69) is 15.6 Å². The molecule has 1 N–H and O–H groups in total. The largest absolute Gasteiger partial charge is 0.478 e. The molecule has 3 rings (SSSR count). The highest BCUT2D eigenvalue weighted by atomic mass is 16.4. The lowest BCUT2D eigenvalue weighted by Crippen LogP contribution is -2.18. The molecule has 1 atom stereocenters. The van der Waals surface area contributed by atoms with Crippen LogP contribution in [-0.2, 0) is 13.0 Å². The van der Waals surface area contributed by atoms with Crippen molar-refractivity contribution in [2.24, 2.45) is 5.92 Å². The molecule has 0 radical (unpaired) electrons. The summed E-state index contributed by atoms with van der Waals surface area (Å²) in [5.74, 6) is -0.467. The maximum atomic E-state index is 11.2. The van der Waals surface area contributed by atoms with Crippen molar-refractivity contribution in [2.45, 2.75) is 26.3 Å². The van der Waals surface area contributed by atoms with Crippen molar-refractivity contribution in [3.63, 3.8) is 0 Å². The molecular formula is C17H18N2O2. The van der Waals surface area contributed by atoms with Gasteiger partial charge in [-0.25, -0.2) is 9.78 Å². The Hall–Kier alpha value is -2.36. The van der Waals surface area contributed by atoms with Crippen molar-refractivity contribution in [3.05, 3.63) is 59.7 Å². The summed E-state index contributed by atoms with van der Waals surface area (Å²) in [6, 6.07) is 5.47. The first-order valence-corrected chi connectivity index (χ1v) is 7.17. The second-order valence-corrected chi connectivity index (χ2v) is 5.42. The van der Waals surface area contributed by atoms with Crippen LogP contribution in [0.5, 0.6) is 0 Å². The van der Waals surface area contributed by atoms with Crippen LogP contribution in [0.2, 0.25) is 0 Å². The summed E-state index contributed by atoms with van der Waals surface area (Å²) < 4.78 is 2.08. The van der Waals surface area contributed by atoms with E-state index in [1.807, 2.05) is 31.6 Å². The number of rotatable bonds is 3. The van der Waals surface area contributed by atoms with E-state index in [1.165, 1.54) is 11.1 Å². The van der Waals surface area contributed by atoms with E-state index >= 15 is 0 Å². The summed E-state index contributed by atoms with van der Waals surface area (Å²) in [7, 11) is 0. The van der Waals surface area contributed by atoms with E-state index < -0.39 is 5.97 Å². The predicted molar refractivity (Wildman–Crippen MR) is 81.1 cm³/mol. The normalized spacial score (nSPS) is 19.5. The molecule has 1 aliphatic rings. The van der Waals surface area contributed by atoms with Gasteiger partial charge in [-0.05, 0) is 48.6 Å². The van der Waals surface area contributed by atoms with Gasteiger partial charge in [0.2, 0.25) is 0 Å². The number of carboxylic acid groups (broad SMARTS) is 1. The van der Waals surface area contributed by atoms with E-state index in [-0.39, 0.29) is 0 Å². The highest BCUT2D eigenvalue weighted by Gasteiger charge is 2.24. The third-order valence-corrected chi connectivity index (χ3v) is 4.17. The number of carbonyl (C=O) groups is 1. The van der Waals surface area contributed by atoms with Crippen LogP contribution in [0, 0.1) is 5.92 Å². The standard InChI is InChI=1S/C17H18N2O2/c1-2-15-14(10-19-8-7-18-11-19)6-4-12-3-5-13(17(20)21)9-16(12)15/h2-3,5,7-9,11,14H,4,6,10H2,1H3,(H,20,21). The Bertz CT molecular complexity index is 687. The highest BCUT2D eigenvalue weighted by Crippen LogP contribution is 2.36. The van der Waals surface area contributed by atoms with Crippen LogP contribution in [0.25, 0.3) is 5.57 Å². The molecule has 108 valence electrons. The summed E-state index contributed by atoms with van der Waals surface area (Å²) in [6.45, 7) is 2.91. The Labute approximate surface area is 123 Å². The number of aromatic nitrogens is 2. The summed E-state index contributed by atoms with van der Waals surface area (Å²) in [6.07, 6.45) is 9.77. The first-order valence-electron chi connectivity index (χ1n) is 7.17. The van der Waals surface area contributed by atoms with Crippen molar-refractivity contribution in [3.8, 4) is 0 Å². The number of allylic oxidation sites excluding steroid dienone is 2. The van der Waals surface area contributed by atoms with Crippen LogP contribution in [0.3, 0.4) is 0 Å². The maximum Gasteiger partial charge on any atom is 0.335 e. The number of aryl methyl sites for hydroxylation is 1. The minimum atomic E-state index is -0.870. The van der Waals surface area contributed by atoms with E-state index in [0.29, 0.717) is 11.5 Å². The molecule has 0 aliphatic heterocycles. The third kappa shape index (κ3) is 2.61. The molecule has 21 heavy (non-hydrogen) atoms. The Morgan fingerprint density at radius 3 is 3.05 bits per heavy atom. The average Bonchev–Trinajstić information content (AvgIpc) is 2.99. The molecule has 0 fully saturated rings. The van der Waals surface area contributed by atoms with Crippen LogP contribution in [0.15, 0.2) is 43.0 Å². The van der Waals surface area contributed by atoms with Gasteiger partial charge >= 0.3 is 5.97 Å². The number of carboxylic acids is 1. The number of aromatic carboxylic acids is 1. The topological polar surface area (TPSA) is 55.1 Å². The molecule has 1 aromatic heterocycles. The Morgan fingerprint density at radius 1 is 1.52 bits per heavy atom. The monoisotopic (exact) mass is 282 g/mol. The number of hydrogen-bond donors (Lipinski definition) is 1. The fourth-order valence-electron chi connectivity index (χ4n) is 3.13. The minimum Gasteiger partial charge on any atom is -0.478 e. The second-order valence-electron chi connectivity index (χ2n) is 5.42. The first kappa shape index (κ1) is 13.6. The molecule has 0 bridgehead atoms. The quantitative estimate of drug-likeness (QED) is 0.940. The molecule has 0 saturated carbocycles. The molecule has 1 aromatic carbocycles. The number of hydrogen-bond acceptors (Lipinski definition) is 2. The lowest BCUT2D eigenvalue weighted by Gasteiger charge is -2.28. The number of benzene rings is 1. The minimum absolute atomic E-state index is 0.358. The average molecular weight is 282 g/mol. The van der Waals surface area contributed by atoms with E-state index in [1.54, 1.807) is 12.3 Å². The van der Waals surface area contributed by atoms with Gasteiger partial charge in [-0.3, -0.25) is 0 Å². The molecule has 4 nitrogen and oxygen atoms in total. The number of imidazole rings is 1. The van der Waals surface area contributed by atoms with Crippen LogP contribution in [-0.4, -0.2) is 20.6 Å². The summed E-state index contributed by atoms with van der Waals surface area (Å²) in [4.78, 5) is 15.3. The molecule has 1 heterocycles. The van der Waals surface area contributed by atoms with Crippen LogP contribution in [0.4, 0.5) is 0 Å². The van der Waals surface area contributed by atoms with E-state index in [0.717, 1.165) is 24.9 Å². The van der Waals surface area contributed by atoms with Crippen LogP contribution in [0.1, 0.15) is 34.8 Å². The van der Waals surface area contributed by atoms with Gasteiger partial charge in [0, 0.05) is 24.9 Å². The summed E-state index contributed by atoms with van der Waals surface area (Å²) >= 11 is 0. The van der Waals surface area contributed by atoms with Gasteiger partial charge < -0.3 is 9.67 Å². The molecule has 2 aromatic rings. The smallest absolute Gasteiger partial charge is 0.335 e. The highest BCUT2D eigenvalue weighted by molar-refractivity contribution is 5.89. The van der Waals surface area contributed by atoms with Gasteiger partial charge in [-0.15, -0.1) is 0 Å². The molecule has 0 spiro atoms. The van der Waals surface area contributed by atoms with Crippen LogP contribution >= 0.6 is 0 Å². The molecule has 0 amide bonds. The van der Waals surface area contributed by atoms with Gasteiger partial charge in [-0.1, -0.05) is 12.1 Å². The third-order valence-electron chi connectivity index (χ3n) is 4.17. The fourth-order valence-corrected chi connectivity index (χ4v) is 3.13. The molecule has 1 aliphatic carbocycles. The van der Waals surface area contributed by atoms with Crippen molar-refractivity contribution < 1.29 is 9.90 Å². The summed E-state index contributed by atoms with van der Waals surface area (Å²) in [5, 5.41) is 9.19. The first-order chi connectivity index (χ1) is 10.2. The van der Waals surface area contributed by atoms with E-state index in [9.17, 15) is 9.90 Å². The van der Waals surface area contributed by atoms with Gasteiger partial charge in [-0.2, -0.15) is 0 Å². The SMILES string of the molecule is CC=C1c2cc(C(=O)O)ccc2CCC1Cn1ccnc1. The Balaban J connectivity index is 1.95. The predicted octanol–water partition coefficient (Wildman–Crippen LogP) is 3.25.